The molecule has 1 aliphatic carbocycles. The van der Waals surface area contributed by atoms with E-state index in [-0.39, 0.29) is 5.41 Å². The van der Waals surface area contributed by atoms with Gasteiger partial charge in [-0.3, -0.25) is 19.9 Å². The number of hydrogen-bond acceptors (Lipinski definition) is 6. The molecule has 6 heterocycles. The van der Waals surface area contributed by atoms with Crippen LogP contribution in [-0.4, -0.2) is 46.1 Å². The molecule has 0 amide bonds. The maximum Gasteiger partial charge on any atom is 0.0370 e. The molecule has 63 heavy (non-hydrogen) atoms. The normalized spacial score (nSPS) is 15.5. The Morgan fingerprint density at radius 1 is 0.381 bits per heavy atom. The quantitative estimate of drug-likeness (QED) is 0.152. The van der Waals surface area contributed by atoms with Crippen LogP contribution in [0.2, 0.25) is 0 Å². The first-order valence-corrected chi connectivity index (χ1v) is 22.3. The fourth-order valence-electron chi connectivity index (χ4n) is 10.2. The molecular formula is C57H52N6. The van der Waals surface area contributed by atoms with Crippen LogP contribution in [0.25, 0.3) is 55.6 Å². The first kappa shape index (κ1) is 39.0. The fourth-order valence-corrected chi connectivity index (χ4v) is 10.2. The minimum absolute atomic E-state index is 0.106. The molecule has 310 valence electrons. The van der Waals surface area contributed by atoms with Crippen LogP contribution in [0.5, 0.6) is 0 Å². The molecule has 4 aromatic heterocycles. The van der Waals surface area contributed by atoms with Gasteiger partial charge in [-0.25, -0.2) is 0 Å². The zero-order valence-corrected chi connectivity index (χ0v) is 37.0. The Bertz CT molecular complexity index is 2750. The molecule has 0 saturated carbocycles. The van der Waals surface area contributed by atoms with Crippen LogP contribution in [-0.2, 0) is 5.41 Å². The molecule has 2 fully saturated rings. The smallest absolute Gasteiger partial charge is 0.0370 e. The first-order valence-electron chi connectivity index (χ1n) is 22.3. The SMILES string of the molecule is Cc1cncc(-c2cc(-c3cncc(C)c3)cc(C3CN(c4ccc5c(c4)C(C)(C)c4cc(N6CC(c7cc(-c8cncc(C)c8)cc(-c8cncc(C)c8)c7)C6)ccc4-5)C3)c2)c1. The third kappa shape index (κ3) is 7.17. The monoisotopic (exact) mass is 820 g/mol. The van der Waals surface area contributed by atoms with Gasteiger partial charge in [0.25, 0.3) is 0 Å². The lowest BCUT2D eigenvalue weighted by atomic mass is 9.81. The Morgan fingerprint density at radius 3 is 1.00 bits per heavy atom. The average Bonchev–Trinajstić information content (AvgIpc) is 3.47. The highest BCUT2D eigenvalue weighted by molar-refractivity contribution is 5.85. The number of rotatable bonds is 8. The summed E-state index contributed by atoms with van der Waals surface area (Å²) in [6.07, 6.45) is 15.6. The molecule has 4 aromatic carbocycles. The molecule has 2 aliphatic heterocycles. The lowest BCUT2D eigenvalue weighted by Gasteiger charge is -2.42. The zero-order valence-electron chi connectivity index (χ0n) is 37.0. The van der Waals surface area contributed by atoms with Crippen LogP contribution in [0.1, 0.15) is 70.2 Å². The summed E-state index contributed by atoms with van der Waals surface area (Å²) >= 11 is 0. The molecule has 2 saturated heterocycles. The van der Waals surface area contributed by atoms with E-state index in [0.717, 1.165) is 48.4 Å². The van der Waals surface area contributed by atoms with Gasteiger partial charge in [0.05, 0.1) is 0 Å². The number of aromatic nitrogens is 4. The van der Waals surface area contributed by atoms with E-state index in [2.05, 4.69) is 168 Å². The number of pyridine rings is 4. The number of nitrogens with zero attached hydrogens (tertiary/aromatic N) is 6. The minimum Gasteiger partial charge on any atom is -0.370 e. The molecular weight excluding hydrogens is 769 g/mol. The van der Waals surface area contributed by atoms with E-state index >= 15 is 0 Å². The van der Waals surface area contributed by atoms with Crippen LogP contribution in [0.3, 0.4) is 0 Å². The molecule has 6 nitrogen and oxygen atoms in total. The highest BCUT2D eigenvalue weighted by Gasteiger charge is 2.39. The van der Waals surface area contributed by atoms with Gasteiger partial charge in [-0.2, -0.15) is 0 Å². The van der Waals surface area contributed by atoms with E-state index in [1.165, 1.54) is 89.3 Å². The Kier molecular flexibility index (Phi) is 9.38. The summed E-state index contributed by atoms with van der Waals surface area (Å²) in [7, 11) is 0. The summed E-state index contributed by atoms with van der Waals surface area (Å²) in [6, 6.07) is 37.4. The lowest BCUT2D eigenvalue weighted by molar-refractivity contribution is 0.524. The number of hydrogen-bond donors (Lipinski definition) is 0. The maximum absolute atomic E-state index is 4.53. The van der Waals surface area contributed by atoms with Crippen LogP contribution >= 0.6 is 0 Å². The standard InChI is InChI=1S/C57H52N6/c1-35-11-45(27-58-23-35)39-15-40(46-12-36(2)24-59-28-46)18-43(17-39)49-31-62(32-49)51-7-9-53-54-10-8-52(22-56(54)57(5,6)55(53)21-51)63-33-50(34-63)44-19-41(47-13-37(3)25-60-29-47)16-42(20-44)48-14-38(4)26-61-30-48/h7-30,49-50H,31-34H2,1-6H3. The molecule has 8 aromatic rings. The Labute approximate surface area is 371 Å². The van der Waals surface area contributed by atoms with Crippen molar-refractivity contribution in [3.8, 4) is 55.6 Å². The third-order valence-corrected chi connectivity index (χ3v) is 13.8. The predicted octanol–water partition coefficient (Wildman–Crippen LogP) is 12.7. The van der Waals surface area contributed by atoms with Gasteiger partial charge in [-0.1, -0.05) is 50.2 Å². The number of fused-ring (bicyclic) bond motifs is 3. The van der Waals surface area contributed by atoms with Gasteiger partial charge < -0.3 is 9.80 Å². The second-order valence-corrected chi connectivity index (χ2v) is 19.0. The van der Waals surface area contributed by atoms with E-state index in [0.29, 0.717) is 11.8 Å². The van der Waals surface area contributed by atoms with Crippen LogP contribution < -0.4 is 9.80 Å². The molecule has 0 bridgehead atoms. The summed E-state index contributed by atoms with van der Waals surface area (Å²) in [5.41, 5.74) is 24.9. The van der Waals surface area contributed by atoms with E-state index in [9.17, 15) is 0 Å². The van der Waals surface area contributed by atoms with Gasteiger partial charge in [0.1, 0.15) is 0 Å². The first-order chi connectivity index (χ1) is 30.5. The van der Waals surface area contributed by atoms with Crippen LogP contribution in [0.4, 0.5) is 11.4 Å². The largest absolute Gasteiger partial charge is 0.370 e. The van der Waals surface area contributed by atoms with Gasteiger partial charge >= 0.3 is 0 Å². The van der Waals surface area contributed by atoms with Gasteiger partial charge in [-0.05, 0) is 166 Å². The van der Waals surface area contributed by atoms with Crippen molar-refractivity contribution in [1.82, 2.24) is 19.9 Å². The molecule has 0 radical (unpaired) electrons. The maximum atomic E-state index is 4.53. The van der Waals surface area contributed by atoms with Crippen molar-refractivity contribution in [2.75, 3.05) is 36.0 Å². The molecule has 6 heteroatoms. The van der Waals surface area contributed by atoms with E-state index in [4.69, 9.17) is 0 Å². The summed E-state index contributed by atoms with van der Waals surface area (Å²) in [5, 5.41) is 0. The lowest BCUT2D eigenvalue weighted by Crippen LogP contribution is -2.45. The highest BCUT2D eigenvalue weighted by atomic mass is 15.2. The highest BCUT2D eigenvalue weighted by Crippen LogP contribution is 2.52. The van der Waals surface area contributed by atoms with Crippen molar-refractivity contribution >= 4 is 11.4 Å². The molecule has 0 atom stereocenters. The average molecular weight is 821 g/mol. The van der Waals surface area contributed by atoms with Crippen LogP contribution in [0.15, 0.2) is 147 Å². The minimum atomic E-state index is -0.106. The van der Waals surface area contributed by atoms with Gasteiger partial charge in [0.15, 0.2) is 0 Å². The Balaban J connectivity index is 0.821. The van der Waals surface area contributed by atoms with Crippen molar-refractivity contribution in [2.24, 2.45) is 0 Å². The number of benzene rings is 4. The van der Waals surface area contributed by atoms with Gasteiger partial charge in [-0.15, -0.1) is 0 Å². The fraction of sp³-hybridized carbons (Fsp3) is 0.228. The van der Waals surface area contributed by atoms with Crippen molar-refractivity contribution in [1.29, 1.82) is 0 Å². The summed E-state index contributed by atoms with van der Waals surface area (Å²) < 4.78 is 0. The summed E-state index contributed by atoms with van der Waals surface area (Å²) in [4.78, 5) is 23.2. The van der Waals surface area contributed by atoms with Gasteiger partial charge in [0, 0.05) is 127 Å². The summed E-state index contributed by atoms with van der Waals surface area (Å²) in [6.45, 7) is 17.2. The topological polar surface area (TPSA) is 58.0 Å². The molecule has 0 N–H and O–H groups in total. The van der Waals surface area contributed by atoms with Crippen molar-refractivity contribution < 1.29 is 0 Å². The van der Waals surface area contributed by atoms with Crippen molar-refractivity contribution in [2.45, 2.75) is 58.8 Å². The molecule has 0 unspecified atom stereocenters. The van der Waals surface area contributed by atoms with E-state index in [1.54, 1.807) is 0 Å². The molecule has 11 rings (SSSR count). The van der Waals surface area contributed by atoms with Gasteiger partial charge in [0.2, 0.25) is 0 Å². The van der Waals surface area contributed by atoms with Crippen LogP contribution in [0, 0.1) is 27.7 Å². The Morgan fingerprint density at radius 2 is 0.698 bits per heavy atom. The zero-order chi connectivity index (χ0) is 43.0. The second kappa shape index (κ2) is 15.2. The Hall–Kier alpha value is -6.92. The second-order valence-electron chi connectivity index (χ2n) is 19.0. The predicted molar refractivity (Wildman–Crippen MR) is 259 cm³/mol. The van der Waals surface area contributed by atoms with E-state index in [1.807, 2.05) is 49.6 Å². The number of anilines is 2. The molecule has 3 aliphatic rings. The van der Waals surface area contributed by atoms with E-state index < -0.39 is 0 Å². The molecule has 0 spiro atoms. The summed E-state index contributed by atoms with van der Waals surface area (Å²) in [5.74, 6) is 0.877. The van der Waals surface area contributed by atoms with Crippen molar-refractivity contribution in [3.05, 3.63) is 191 Å². The van der Waals surface area contributed by atoms with Crippen molar-refractivity contribution in [3.63, 3.8) is 0 Å². The third-order valence-electron chi connectivity index (χ3n) is 13.8. The number of aryl methyl sites for hydroxylation is 4.